The largest absolute Gasteiger partial charge is 0.352 e. The molecule has 1 atom stereocenters. The lowest BCUT2D eigenvalue weighted by atomic mass is 9.78. The minimum Gasteiger partial charge on any atom is -0.352 e. The Morgan fingerprint density at radius 3 is 2.06 bits per heavy atom. The fraction of sp³-hybridized carbons (Fsp3) is 0.519. The SMILES string of the molecule is CC(Cc1ccccc1)NC(=O)CNC(=O)CNC(=O)C(C)(C)CCC(C)(C)CN1C(=O)C=CC1=O. The summed E-state index contributed by atoms with van der Waals surface area (Å²) in [6, 6.07) is 9.71. The van der Waals surface area contributed by atoms with E-state index in [0.29, 0.717) is 19.3 Å². The number of nitrogens with one attached hydrogen (secondary N) is 3. The molecule has 2 rings (SSSR count). The van der Waals surface area contributed by atoms with Gasteiger partial charge in [0.15, 0.2) is 0 Å². The van der Waals surface area contributed by atoms with E-state index in [-0.39, 0.29) is 54.7 Å². The molecule has 0 saturated heterocycles. The Bertz CT molecular complexity index is 983. The van der Waals surface area contributed by atoms with Crippen LogP contribution in [0.1, 0.15) is 53.0 Å². The van der Waals surface area contributed by atoms with Crippen molar-refractivity contribution in [3.8, 4) is 0 Å². The van der Waals surface area contributed by atoms with Crippen LogP contribution in [-0.4, -0.2) is 60.1 Å². The monoisotopic (exact) mass is 498 g/mol. The summed E-state index contributed by atoms with van der Waals surface area (Å²) >= 11 is 0. The van der Waals surface area contributed by atoms with Gasteiger partial charge in [-0.1, -0.05) is 58.0 Å². The van der Waals surface area contributed by atoms with Gasteiger partial charge in [0.2, 0.25) is 17.7 Å². The standard InChI is InChI=1S/C27H38N4O5/c1-19(15-20-9-7-6-8-10-20)30-22(33)17-28-21(32)16-29-25(36)27(4,5)14-13-26(2,3)18-31-23(34)11-12-24(31)35/h6-12,19H,13-18H2,1-5H3,(H,28,32)(H,29,36)(H,30,33). The number of carbonyl (C=O) groups is 5. The molecule has 0 aliphatic carbocycles. The van der Waals surface area contributed by atoms with Crippen molar-refractivity contribution >= 4 is 29.5 Å². The van der Waals surface area contributed by atoms with Crippen molar-refractivity contribution in [2.75, 3.05) is 19.6 Å². The summed E-state index contributed by atoms with van der Waals surface area (Å²) < 4.78 is 0. The first-order chi connectivity index (χ1) is 16.8. The molecule has 3 N–H and O–H groups in total. The molecule has 5 amide bonds. The lowest BCUT2D eigenvalue weighted by Gasteiger charge is -2.32. The molecule has 0 fully saturated rings. The molecule has 1 aliphatic rings. The molecular weight excluding hydrogens is 460 g/mol. The Kier molecular flexibility index (Phi) is 9.95. The number of rotatable bonds is 13. The van der Waals surface area contributed by atoms with Crippen LogP contribution >= 0.6 is 0 Å². The Morgan fingerprint density at radius 2 is 1.44 bits per heavy atom. The maximum Gasteiger partial charge on any atom is 0.253 e. The lowest BCUT2D eigenvalue weighted by molar-refractivity contribution is -0.139. The number of carbonyl (C=O) groups excluding carboxylic acids is 5. The summed E-state index contributed by atoms with van der Waals surface area (Å²) in [5.74, 6) is -1.69. The molecular formula is C27H38N4O5. The van der Waals surface area contributed by atoms with Gasteiger partial charge in [-0.15, -0.1) is 0 Å². The Balaban J connectivity index is 1.69. The van der Waals surface area contributed by atoms with Crippen LogP contribution in [0.5, 0.6) is 0 Å². The first-order valence-corrected chi connectivity index (χ1v) is 12.2. The molecule has 0 bridgehead atoms. The maximum absolute atomic E-state index is 12.7. The van der Waals surface area contributed by atoms with Gasteiger partial charge in [0.25, 0.3) is 11.8 Å². The van der Waals surface area contributed by atoms with Gasteiger partial charge < -0.3 is 16.0 Å². The molecule has 0 aromatic heterocycles. The number of benzene rings is 1. The highest BCUT2D eigenvalue weighted by Crippen LogP contribution is 2.32. The fourth-order valence-electron chi connectivity index (χ4n) is 3.84. The summed E-state index contributed by atoms with van der Waals surface area (Å²) in [6.07, 6.45) is 4.30. The third-order valence-corrected chi connectivity index (χ3v) is 6.18. The van der Waals surface area contributed by atoms with E-state index in [1.165, 1.54) is 17.1 Å². The van der Waals surface area contributed by atoms with Crippen molar-refractivity contribution in [3.05, 3.63) is 48.0 Å². The van der Waals surface area contributed by atoms with Gasteiger partial charge in [-0.2, -0.15) is 0 Å². The molecule has 0 saturated carbocycles. The highest BCUT2D eigenvalue weighted by Gasteiger charge is 2.34. The second-order valence-corrected chi connectivity index (χ2v) is 10.8. The molecule has 0 radical (unpaired) electrons. The summed E-state index contributed by atoms with van der Waals surface area (Å²) in [6.45, 7) is 9.21. The van der Waals surface area contributed by atoms with Gasteiger partial charge in [0, 0.05) is 30.2 Å². The topological polar surface area (TPSA) is 125 Å². The molecule has 9 heteroatoms. The minimum atomic E-state index is -0.765. The van der Waals surface area contributed by atoms with Crippen molar-refractivity contribution in [2.24, 2.45) is 10.8 Å². The number of hydrogen-bond donors (Lipinski definition) is 3. The number of hydrogen-bond acceptors (Lipinski definition) is 5. The van der Waals surface area contributed by atoms with Crippen LogP contribution in [0, 0.1) is 10.8 Å². The highest BCUT2D eigenvalue weighted by atomic mass is 16.2. The van der Waals surface area contributed by atoms with Crippen molar-refractivity contribution in [1.29, 1.82) is 0 Å². The van der Waals surface area contributed by atoms with Gasteiger partial charge in [0.05, 0.1) is 13.1 Å². The second kappa shape index (κ2) is 12.5. The summed E-state index contributed by atoms with van der Waals surface area (Å²) in [5.41, 5.74) is -0.0332. The van der Waals surface area contributed by atoms with Crippen molar-refractivity contribution in [3.63, 3.8) is 0 Å². The number of amides is 5. The Hall–Kier alpha value is -3.49. The molecule has 1 aliphatic heterocycles. The Morgan fingerprint density at radius 1 is 0.861 bits per heavy atom. The van der Waals surface area contributed by atoms with Gasteiger partial charge in [-0.25, -0.2) is 0 Å². The first kappa shape index (κ1) is 28.7. The summed E-state index contributed by atoms with van der Waals surface area (Å²) in [4.78, 5) is 61.8. The van der Waals surface area contributed by atoms with Crippen LogP contribution in [0.25, 0.3) is 0 Å². The van der Waals surface area contributed by atoms with Crippen molar-refractivity contribution < 1.29 is 24.0 Å². The number of nitrogens with zero attached hydrogens (tertiary/aromatic N) is 1. The average Bonchev–Trinajstić information content (AvgIpc) is 3.12. The molecule has 1 heterocycles. The van der Waals surface area contributed by atoms with E-state index in [4.69, 9.17) is 0 Å². The van der Waals surface area contributed by atoms with Crippen LogP contribution in [-0.2, 0) is 30.4 Å². The highest BCUT2D eigenvalue weighted by molar-refractivity contribution is 6.12. The van der Waals surface area contributed by atoms with E-state index in [1.807, 2.05) is 51.1 Å². The Labute approximate surface area is 213 Å². The van der Waals surface area contributed by atoms with Crippen LogP contribution in [0.3, 0.4) is 0 Å². The van der Waals surface area contributed by atoms with Crippen molar-refractivity contribution in [2.45, 2.75) is 59.9 Å². The van der Waals surface area contributed by atoms with E-state index < -0.39 is 11.3 Å². The van der Waals surface area contributed by atoms with Gasteiger partial charge in [0.1, 0.15) is 0 Å². The summed E-state index contributed by atoms with van der Waals surface area (Å²) in [5, 5.41) is 8.00. The molecule has 0 spiro atoms. The zero-order valence-corrected chi connectivity index (χ0v) is 21.8. The summed E-state index contributed by atoms with van der Waals surface area (Å²) in [7, 11) is 0. The number of imide groups is 1. The molecule has 1 unspecified atom stereocenters. The lowest BCUT2D eigenvalue weighted by Crippen LogP contribution is -2.46. The molecule has 1 aromatic carbocycles. The zero-order chi connectivity index (χ0) is 26.9. The van der Waals surface area contributed by atoms with E-state index in [1.54, 1.807) is 13.8 Å². The van der Waals surface area contributed by atoms with E-state index >= 15 is 0 Å². The van der Waals surface area contributed by atoms with E-state index in [9.17, 15) is 24.0 Å². The van der Waals surface area contributed by atoms with Crippen LogP contribution in [0.15, 0.2) is 42.5 Å². The fourth-order valence-corrected chi connectivity index (χ4v) is 3.84. The van der Waals surface area contributed by atoms with Gasteiger partial charge in [-0.05, 0) is 37.2 Å². The molecule has 1 aromatic rings. The van der Waals surface area contributed by atoms with Crippen LogP contribution in [0.4, 0.5) is 0 Å². The third kappa shape index (κ3) is 9.28. The smallest absolute Gasteiger partial charge is 0.253 e. The van der Waals surface area contributed by atoms with E-state index in [2.05, 4.69) is 16.0 Å². The predicted molar refractivity (Wildman–Crippen MR) is 136 cm³/mol. The van der Waals surface area contributed by atoms with Gasteiger partial charge >= 0.3 is 0 Å². The van der Waals surface area contributed by atoms with E-state index in [0.717, 1.165) is 5.56 Å². The molecule has 196 valence electrons. The van der Waals surface area contributed by atoms with Gasteiger partial charge in [-0.3, -0.25) is 28.9 Å². The first-order valence-electron chi connectivity index (χ1n) is 12.2. The maximum atomic E-state index is 12.7. The van der Waals surface area contributed by atoms with Crippen LogP contribution in [0.2, 0.25) is 0 Å². The second-order valence-electron chi connectivity index (χ2n) is 10.8. The average molecular weight is 499 g/mol. The predicted octanol–water partition coefficient (Wildman–Crippen LogP) is 1.72. The molecule has 9 nitrogen and oxygen atoms in total. The molecule has 36 heavy (non-hydrogen) atoms. The minimum absolute atomic E-state index is 0.0838. The van der Waals surface area contributed by atoms with Crippen LogP contribution < -0.4 is 16.0 Å². The normalized spacial score (nSPS) is 14.5. The quantitative estimate of drug-likeness (QED) is 0.357. The van der Waals surface area contributed by atoms with Crippen molar-refractivity contribution in [1.82, 2.24) is 20.9 Å². The zero-order valence-electron chi connectivity index (χ0n) is 21.8. The third-order valence-electron chi connectivity index (χ3n) is 6.18.